The lowest BCUT2D eigenvalue weighted by Crippen LogP contribution is -2.28. The number of rotatable bonds is 3. The first-order chi connectivity index (χ1) is 10.2. The van der Waals surface area contributed by atoms with Crippen LogP contribution < -0.4 is 9.64 Å². The maximum Gasteiger partial charge on any atom is 0.298 e. The molecule has 3 rings (SSSR count). The molecule has 106 valence electrons. The second-order valence-corrected chi connectivity index (χ2v) is 5.31. The third-order valence-corrected chi connectivity index (χ3v) is 3.90. The quantitative estimate of drug-likeness (QED) is 0.884. The van der Waals surface area contributed by atoms with Crippen LogP contribution in [0.25, 0.3) is 6.08 Å². The molecule has 2 aromatic rings. The summed E-state index contributed by atoms with van der Waals surface area (Å²) in [5.41, 5.74) is 1.23. The highest BCUT2D eigenvalue weighted by Gasteiger charge is 2.37. The summed E-state index contributed by atoms with van der Waals surface area (Å²) < 4.78 is 5.21. The van der Waals surface area contributed by atoms with Crippen LogP contribution >= 0.6 is 11.8 Å². The van der Waals surface area contributed by atoms with Gasteiger partial charge in [0.05, 0.1) is 17.7 Å². The van der Waals surface area contributed by atoms with Crippen molar-refractivity contribution < 1.29 is 14.3 Å². The minimum absolute atomic E-state index is 0.331. The zero-order valence-electron chi connectivity index (χ0n) is 11.2. The minimum Gasteiger partial charge on any atom is -0.495 e. The lowest BCUT2D eigenvalue weighted by molar-refractivity contribution is -0.113. The molecule has 0 atom stereocenters. The number of hydrogen-bond donors (Lipinski definition) is 1. The van der Waals surface area contributed by atoms with Crippen LogP contribution in [-0.2, 0) is 4.79 Å². The molecular formula is C15H12N2O3S. The number of nitrogens with one attached hydrogen (secondary N) is 1. The van der Waals surface area contributed by atoms with Gasteiger partial charge in [0.15, 0.2) is 0 Å². The van der Waals surface area contributed by atoms with Crippen molar-refractivity contribution in [3.63, 3.8) is 0 Å². The van der Waals surface area contributed by atoms with Crippen LogP contribution in [0.1, 0.15) is 5.69 Å². The topological polar surface area (TPSA) is 62.4 Å². The van der Waals surface area contributed by atoms with Gasteiger partial charge < -0.3 is 9.72 Å². The van der Waals surface area contributed by atoms with Gasteiger partial charge in [-0.2, -0.15) is 0 Å². The fourth-order valence-corrected chi connectivity index (χ4v) is 2.89. The van der Waals surface area contributed by atoms with Crippen LogP contribution in [0.3, 0.4) is 0 Å². The molecular weight excluding hydrogens is 288 g/mol. The number of H-pyrrole nitrogens is 1. The summed E-state index contributed by atoms with van der Waals surface area (Å²) in [6.45, 7) is 0. The standard InChI is InChI=1S/C15H12N2O3S/c1-20-12-7-3-2-6-11(12)17-14(18)13(21-15(17)19)9-10-5-4-8-16-10/h2-9,16H,1H3/b13-9+. The molecule has 1 N–H and O–H groups in total. The van der Waals surface area contributed by atoms with E-state index in [0.29, 0.717) is 16.3 Å². The van der Waals surface area contributed by atoms with Crippen LogP contribution in [0.2, 0.25) is 0 Å². The average molecular weight is 300 g/mol. The van der Waals surface area contributed by atoms with Crippen LogP contribution in [-0.4, -0.2) is 23.2 Å². The van der Waals surface area contributed by atoms with Crippen molar-refractivity contribution >= 4 is 34.7 Å². The first kappa shape index (κ1) is 13.5. The van der Waals surface area contributed by atoms with Gasteiger partial charge in [-0.15, -0.1) is 0 Å². The van der Waals surface area contributed by atoms with Crippen LogP contribution in [0.4, 0.5) is 10.5 Å². The van der Waals surface area contributed by atoms with E-state index < -0.39 is 0 Å². The Hall–Kier alpha value is -2.47. The number of nitrogens with zero attached hydrogens (tertiary/aromatic N) is 1. The van der Waals surface area contributed by atoms with E-state index in [1.54, 1.807) is 36.5 Å². The van der Waals surface area contributed by atoms with Gasteiger partial charge in [0.1, 0.15) is 5.75 Å². The summed E-state index contributed by atoms with van der Waals surface area (Å²) >= 11 is 0.917. The number of para-hydroxylation sites is 2. The van der Waals surface area contributed by atoms with Crippen molar-refractivity contribution in [2.24, 2.45) is 0 Å². The monoisotopic (exact) mass is 300 g/mol. The second kappa shape index (κ2) is 5.49. The van der Waals surface area contributed by atoms with E-state index in [9.17, 15) is 9.59 Å². The Morgan fingerprint density at radius 1 is 1.19 bits per heavy atom. The predicted molar refractivity (Wildman–Crippen MR) is 82.2 cm³/mol. The van der Waals surface area contributed by atoms with Crippen LogP contribution in [0.5, 0.6) is 5.75 Å². The molecule has 1 aliphatic heterocycles. The van der Waals surface area contributed by atoms with Crippen molar-refractivity contribution in [3.8, 4) is 5.75 Å². The number of ether oxygens (including phenoxy) is 1. The van der Waals surface area contributed by atoms with Gasteiger partial charge in [0.2, 0.25) is 0 Å². The summed E-state index contributed by atoms with van der Waals surface area (Å²) in [4.78, 5) is 29.1. The first-order valence-corrected chi connectivity index (χ1v) is 7.06. The van der Waals surface area contributed by atoms with E-state index in [1.165, 1.54) is 7.11 Å². The molecule has 1 aromatic carbocycles. The number of carbonyl (C=O) groups excluding carboxylic acids is 2. The lowest BCUT2D eigenvalue weighted by Gasteiger charge is -2.15. The number of hydrogen-bond acceptors (Lipinski definition) is 4. The maximum absolute atomic E-state index is 12.5. The molecule has 5 nitrogen and oxygen atoms in total. The Bertz CT molecular complexity index is 722. The molecule has 1 aliphatic rings. The number of thioether (sulfide) groups is 1. The van der Waals surface area contributed by atoms with Crippen molar-refractivity contribution in [2.75, 3.05) is 12.0 Å². The summed E-state index contributed by atoms with van der Waals surface area (Å²) in [5, 5.41) is -0.331. The number of amides is 2. The number of benzene rings is 1. The Kier molecular flexibility index (Phi) is 3.53. The van der Waals surface area contributed by atoms with Crippen LogP contribution in [0, 0.1) is 0 Å². The van der Waals surface area contributed by atoms with Gasteiger partial charge in [-0.3, -0.25) is 9.59 Å². The molecule has 0 unspecified atom stereocenters. The van der Waals surface area contributed by atoms with Crippen molar-refractivity contribution in [1.29, 1.82) is 0 Å². The number of aromatic nitrogens is 1. The molecule has 1 fully saturated rings. The molecule has 2 heterocycles. The summed E-state index contributed by atoms with van der Waals surface area (Å²) in [6.07, 6.45) is 3.43. The third kappa shape index (κ3) is 2.45. The number of aromatic amines is 1. The molecule has 1 saturated heterocycles. The number of imide groups is 1. The predicted octanol–water partition coefficient (Wildman–Crippen LogP) is 3.26. The zero-order chi connectivity index (χ0) is 14.8. The number of anilines is 1. The minimum atomic E-state index is -0.343. The maximum atomic E-state index is 12.5. The molecule has 0 radical (unpaired) electrons. The first-order valence-electron chi connectivity index (χ1n) is 6.25. The second-order valence-electron chi connectivity index (χ2n) is 4.31. The highest BCUT2D eigenvalue weighted by molar-refractivity contribution is 8.19. The van der Waals surface area contributed by atoms with Gasteiger partial charge >= 0.3 is 0 Å². The molecule has 0 bridgehead atoms. The zero-order valence-corrected chi connectivity index (χ0v) is 12.0. The molecule has 1 aromatic heterocycles. The number of carbonyl (C=O) groups is 2. The number of methoxy groups -OCH3 is 1. The van der Waals surface area contributed by atoms with Crippen molar-refractivity contribution in [3.05, 3.63) is 53.2 Å². The van der Waals surface area contributed by atoms with Gasteiger partial charge in [-0.25, -0.2) is 4.90 Å². The molecule has 0 saturated carbocycles. The Labute approximate surface area is 125 Å². The van der Waals surface area contributed by atoms with Gasteiger partial charge in [0.25, 0.3) is 11.1 Å². The van der Waals surface area contributed by atoms with E-state index in [2.05, 4.69) is 4.98 Å². The fraction of sp³-hybridized carbons (Fsp3) is 0.0667. The lowest BCUT2D eigenvalue weighted by atomic mass is 10.2. The van der Waals surface area contributed by atoms with Gasteiger partial charge in [0, 0.05) is 11.9 Å². The highest BCUT2D eigenvalue weighted by atomic mass is 32.2. The summed E-state index contributed by atoms with van der Waals surface area (Å²) in [6, 6.07) is 10.6. The van der Waals surface area contributed by atoms with Crippen molar-refractivity contribution in [1.82, 2.24) is 4.98 Å². The summed E-state index contributed by atoms with van der Waals surface area (Å²) in [7, 11) is 1.51. The van der Waals surface area contributed by atoms with Gasteiger partial charge in [-0.1, -0.05) is 12.1 Å². The van der Waals surface area contributed by atoms with E-state index in [0.717, 1.165) is 22.4 Å². The molecule has 2 amide bonds. The SMILES string of the molecule is COc1ccccc1N1C(=O)S/C(=C/c2ccc[nH]2)C1=O. The smallest absolute Gasteiger partial charge is 0.298 e. The Morgan fingerprint density at radius 3 is 2.71 bits per heavy atom. The molecule has 0 spiro atoms. The highest BCUT2D eigenvalue weighted by Crippen LogP contribution is 2.39. The van der Waals surface area contributed by atoms with E-state index in [1.807, 2.05) is 12.1 Å². The fourth-order valence-electron chi connectivity index (χ4n) is 2.07. The van der Waals surface area contributed by atoms with Gasteiger partial charge in [-0.05, 0) is 42.1 Å². The largest absolute Gasteiger partial charge is 0.495 e. The normalized spacial score (nSPS) is 16.8. The van der Waals surface area contributed by atoms with Crippen LogP contribution in [0.15, 0.2) is 47.5 Å². The van der Waals surface area contributed by atoms with E-state index in [-0.39, 0.29) is 11.1 Å². The summed E-state index contributed by atoms with van der Waals surface area (Å²) in [5.74, 6) is 0.144. The molecule has 6 heteroatoms. The van der Waals surface area contributed by atoms with E-state index in [4.69, 9.17) is 4.74 Å². The molecule has 21 heavy (non-hydrogen) atoms. The average Bonchev–Trinajstić information content (AvgIpc) is 3.09. The van der Waals surface area contributed by atoms with Crippen molar-refractivity contribution in [2.45, 2.75) is 0 Å². The van der Waals surface area contributed by atoms with E-state index >= 15 is 0 Å². The Balaban J connectivity index is 1.98. The third-order valence-electron chi connectivity index (χ3n) is 3.03. The molecule has 0 aliphatic carbocycles. The Morgan fingerprint density at radius 2 is 2.00 bits per heavy atom.